The van der Waals surface area contributed by atoms with E-state index in [0.717, 1.165) is 19.3 Å². The maximum absolute atomic E-state index is 12.9. The number of aliphatic hydroxyl groups excluding tert-OH is 1. The third-order valence-corrected chi connectivity index (χ3v) is 6.88. The van der Waals surface area contributed by atoms with Gasteiger partial charge in [-0.25, -0.2) is 4.79 Å². The van der Waals surface area contributed by atoms with Gasteiger partial charge in [0.1, 0.15) is 6.04 Å². The molecule has 0 aromatic heterocycles. The summed E-state index contributed by atoms with van der Waals surface area (Å²) in [6.07, 6.45) is 10.0. The van der Waals surface area contributed by atoms with Crippen molar-refractivity contribution in [3.63, 3.8) is 0 Å². The fourth-order valence-electron chi connectivity index (χ4n) is 5.34. The Hall–Kier alpha value is -2.09. The Labute approximate surface area is 190 Å². The second-order valence-electron chi connectivity index (χ2n) is 10.2. The van der Waals surface area contributed by atoms with E-state index in [1.807, 2.05) is 13.8 Å². The molecule has 3 amide bonds. The molecule has 3 rings (SSSR count). The van der Waals surface area contributed by atoms with Crippen LogP contribution in [0.25, 0.3) is 0 Å². The van der Waals surface area contributed by atoms with E-state index in [-0.39, 0.29) is 30.3 Å². The average Bonchev–Trinajstić information content (AvgIpc) is 3.15. The Morgan fingerprint density at radius 2 is 2.06 bits per heavy atom. The molecule has 1 saturated heterocycles. The first-order valence-corrected chi connectivity index (χ1v) is 12.1. The molecule has 0 aromatic rings. The van der Waals surface area contributed by atoms with Crippen molar-refractivity contribution in [1.29, 1.82) is 0 Å². The maximum Gasteiger partial charge on any atom is 0.407 e. The van der Waals surface area contributed by atoms with Crippen molar-refractivity contribution in [2.75, 3.05) is 19.8 Å². The highest BCUT2D eigenvalue weighted by molar-refractivity contribution is 5.86. The van der Waals surface area contributed by atoms with Crippen molar-refractivity contribution < 1.29 is 24.2 Å². The zero-order valence-electron chi connectivity index (χ0n) is 19.3. The van der Waals surface area contributed by atoms with Crippen molar-refractivity contribution >= 4 is 17.9 Å². The largest absolute Gasteiger partial charge is 0.449 e. The summed E-state index contributed by atoms with van der Waals surface area (Å²) < 4.78 is 5.51. The predicted molar refractivity (Wildman–Crippen MR) is 121 cm³/mol. The Morgan fingerprint density at radius 1 is 1.25 bits per heavy atom. The topological polar surface area (TPSA) is 117 Å². The maximum atomic E-state index is 12.9. The van der Waals surface area contributed by atoms with Gasteiger partial charge in [-0.05, 0) is 68.6 Å². The minimum Gasteiger partial charge on any atom is -0.449 e. The molecule has 0 spiro atoms. The molecule has 2 fully saturated rings. The summed E-state index contributed by atoms with van der Waals surface area (Å²) in [5, 5.41) is 18.0. The van der Waals surface area contributed by atoms with E-state index in [2.05, 4.69) is 28.1 Å². The highest BCUT2D eigenvalue weighted by Gasteiger charge is 2.32. The van der Waals surface area contributed by atoms with Crippen LogP contribution in [-0.2, 0) is 14.3 Å². The highest BCUT2D eigenvalue weighted by atomic mass is 16.5. The number of ether oxygens (including phenoxy) is 1. The van der Waals surface area contributed by atoms with Crippen LogP contribution in [0, 0.1) is 29.6 Å². The van der Waals surface area contributed by atoms with Crippen LogP contribution in [0.3, 0.4) is 0 Å². The molecule has 2 aliphatic carbocycles. The van der Waals surface area contributed by atoms with E-state index in [1.165, 1.54) is 6.42 Å². The molecule has 1 saturated carbocycles. The highest BCUT2D eigenvalue weighted by Crippen LogP contribution is 2.39. The fourth-order valence-corrected chi connectivity index (χ4v) is 5.34. The summed E-state index contributed by atoms with van der Waals surface area (Å²) in [6.45, 7) is 4.70. The molecular weight excluding hydrogens is 410 g/mol. The molecule has 4 N–H and O–H groups in total. The number of carbonyl (C=O) groups is 3. The van der Waals surface area contributed by atoms with Crippen LogP contribution in [0.4, 0.5) is 4.79 Å². The molecule has 8 nitrogen and oxygen atoms in total. The van der Waals surface area contributed by atoms with Crippen LogP contribution in [0.1, 0.15) is 58.8 Å². The number of hydrogen-bond donors (Lipinski definition) is 4. The number of allylic oxidation sites excluding steroid dienone is 2. The Kier molecular flexibility index (Phi) is 8.96. The number of alkyl carbamates (subject to hydrolysis) is 1. The molecule has 8 heteroatoms. The van der Waals surface area contributed by atoms with Crippen LogP contribution < -0.4 is 16.0 Å². The Balaban J connectivity index is 1.48. The van der Waals surface area contributed by atoms with Gasteiger partial charge in [-0.1, -0.05) is 26.0 Å². The first kappa shape index (κ1) is 24.6. The summed E-state index contributed by atoms with van der Waals surface area (Å²) in [4.78, 5) is 37.2. The Bertz CT molecular complexity index is 695. The monoisotopic (exact) mass is 449 g/mol. The Morgan fingerprint density at radius 3 is 2.72 bits per heavy atom. The van der Waals surface area contributed by atoms with Gasteiger partial charge in [0.2, 0.25) is 11.8 Å². The summed E-state index contributed by atoms with van der Waals surface area (Å²) in [6, 6.07) is -1.28. The summed E-state index contributed by atoms with van der Waals surface area (Å²) in [5.74, 6) is 1.22. The SMILES string of the molecule is CC(C)C[C@H](NC(=O)OC[C@H]1C[C@H]2C=CC[C@H](C2)C1)C(=O)N[C@H](CO)C[C@@H]1CCNC1=O. The lowest BCUT2D eigenvalue weighted by atomic mass is 9.71. The van der Waals surface area contributed by atoms with Crippen LogP contribution >= 0.6 is 0 Å². The van der Waals surface area contributed by atoms with Gasteiger partial charge in [0.05, 0.1) is 19.3 Å². The smallest absolute Gasteiger partial charge is 0.407 e. The van der Waals surface area contributed by atoms with E-state index in [1.54, 1.807) is 0 Å². The minimum atomic E-state index is -0.748. The van der Waals surface area contributed by atoms with Gasteiger partial charge >= 0.3 is 6.09 Å². The zero-order valence-corrected chi connectivity index (χ0v) is 19.3. The molecule has 0 aromatic carbocycles. The fraction of sp³-hybridized carbons (Fsp3) is 0.792. The lowest BCUT2D eigenvalue weighted by Gasteiger charge is -2.35. The molecule has 6 atom stereocenters. The molecule has 3 aliphatic rings. The van der Waals surface area contributed by atoms with Crippen LogP contribution in [0.2, 0.25) is 0 Å². The van der Waals surface area contributed by atoms with Crippen LogP contribution in [0.5, 0.6) is 0 Å². The van der Waals surface area contributed by atoms with Gasteiger partial charge in [-0.15, -0.1) is 0 Å². The van der Waals surface area contributed by atoms with E-state index < -0.39 is 18.2 Å². The normalized spacial score (nSPS) is 28.7. The van der Waals surface area contributed by atoms with Gasteiger partial charge < -0.3 is 25.8 Å². The van der Waals surface area contributed by atoms with E-state index in [9.17, 15) is 19.5 Å². The number of hydrogen-bond acceptors (Lipinski definition) is 5. The molecular formula is C24H39N3O5. The first-order chi connectivity index (χ1) is 15.3. The van der Waals surface area contributed by atoms with Crippen LogP contribution in [-0.4, -0.2) is 54.9 Å². The number of nitrogens with one attached hydrogen (secondary N) is 3. The van der Waals surface area contributed by atoms with Crippen molar-refractivity contribution in [3.8, 4) is 0 Å². The predicted octanol–water partition coefficient (Wildman–Crippen LogP) is 2.12. The van der Waals surface area contributed by atoms with E-state index in [0.29, 0.717) is 50.2 Å². The molecule has 1 heterocycles. The number of rotatable bonds is 10. The van der Waals surface area contributed by atoms with Gasteiger partial charge in [-0.3, -0.25) is 9.59 Å². The minimum absolute atomic E-state index is 0.0412. The zero-order chi connectivity index (χ0) is 23.1. The summed E-state index contributed by atoms with van der Waals surface area (Å²) >= 11 is 0. The van der Waals surface area contributed by atoms with E-state index in [4.69, 9.17) is 4.74 Å². The number of aliphatic hydroxyl groups is 1. The van der Waals surface area contributed by atoms with Crippen molar-refractivity contribution in [3.05, 3.63) is 12.2 Å². The second-order valence-corrected chi connectivity index (χ2v) is 10.2. The lowest BCUT2D eigenvalue weighted by molar-refractivity contribution is -0.126. The molecule has 32 heavy (non-hydrogen) atoms. The van der Waals surface area contributed by atoms with Gasteiger partial charge in [0.25, 0.3) is 0 Å². The first-order valence-electron chi connectivity index (χ1n) is 12.1. The standard InChI is InChI=1S/C24H39N3O5/c1-15(2)8-21(23(30)26-20(13-28)12-19-6-7-25-22(19)29)27-24(31)32-14-18-10-16-4-3-5-17(9-16)11-18/h3-4,15-21,28H,5-14H2,1-2H3,(H,25,29)(H,26,30)(H,27,31)/t16-,17+,18-,19-,20-,21-/m0/s1. The second kappa shape index (κ2) is 11.7. The van der Waals surface area contributed by atoms with E-state index >= 15 is 0 Å². The average molecular weight is 450 g/mol. The number of fused-ring (bicyclic) bond motifs is 2. The molecule has 2 bridgehead atoms. The van der Waals surface area contributed by atoms with Gasteiger partial charge in [0, 0.05) is 12.5 Å². The third kappa shape index (κ3) is 7.22. The molecule has 0 radical (unpaired) electrons. The quantitative estimate of drug-likeness (QED) is 0.381. The van der Waals surface area contributed by atoms with Crippen molar-refractivity contribution in [1.82, 2.24) is 16.0 Å². The lowest BCUT2D eigenvalue weighted by Crippen LogP contribution is -2.51. The van der Waals surface area contributed by atoms with Gasteiger partial charge in [0.15, 0.2) is 0 Å². The van der Waals surface area contributed by atoms with Gasteiger partial charge in [-0.2, -0.15) is 0 Å². The van der Waals surface area contributed by atoms with Crippen LogP contribution in [0.15, 0.2) is 12.2 Å². The summed E-state index contributed by atoms with van der Waals surface area (Å²) in [7, 11) is 0. The number of carbonyl (C=O) groups excluding carboxylic acids is 3. The third-order valence-electron chi connectivity index (χ3n) is 6.88. The summed E-state index contributed by atoms with van der Waals surface area (Å²) in [5.41, 5.74) is 0. The van der Waals surface area contributed by atoms with Crippen molar-refractivity contribution in [2.24, 2.45) is 29.6 Å². The number of amides is 3. The molecule has 0 unspecified atom stereocenters. The molecule has 180 valence electrons. The van der Waals surface area contributed by atoms with Crippen molar-refractivity contribution in [2.45, 2.75) is 70.9 Å². The molecule has 1 aliphatic heterocycles.